The molecule has 20 rings (SSSR count). The summed E-state index contributed by atoms with van der Waals surface area (Å²) < 4.78 is 163. The van der Waals surface area contributed by atoms with E-state index in [1.165, 1.54) is 167 Å². The van der Waals surface area contributed by atoms with E-state index in [1.54, 1.807) is 72.8 Å². The third kappa shape index (κ3) is 19.9. The number of phenols is 4. The van der Waals surface area contributed by atoms with Crippen molar-refractivity contribution in [3.8, 4) is 57.2 Å². The Hall–Kier alpha value is -10.9. The number of hydrogen-bond donors (Lipinski definition) is 4. The summed E-state index contributed by atoms with van der Waals surface area (Å²) in [5, 5.41) is 43.8. The molecule has 0 bridgehead atoms. The van der Waals surface area contributed by atoms with Crippen molar-refractivity contribution in [1.82, 2.24) is 41.3 Å². The molecular weight excluding hydrogens is 1910 g/mol. The molecule has 0 radical (unpaired) electrons. The average molecular weight is 2000 g/mol. The first-order valence-corrected chi connectivity index (χ1v) is 53.7. The molecule has 5 aliphatic heterocycles. The van der Waals surface area contributed by atoms with Crippen LogP contribution in [0.5, 0.6) is 28.7 Å². The molecule has 15 aromatic rings. The third-order valence-electron chi connectivity index (χ3n) is 23.2. The Kier molecular flexibility index (Phi) is 28.9. The molecule has 5 aromatic heterocycles. The van der Waals surface area contributed by atoms with Crippen molar-refractivity contribution >= 4 is 158 Å². The van der Waals surface area contributed by atoms with Gasteiger partial charge in [-0.1, -0.05) is 138 Å². The quantitative estimate of drug-likeness (QED) is 0.0698. The number of morpholine rings is 1. The third-order valence-corrected chi connectivity index (χ3v) is 38.2. The van der Waals surface area contributed by atoms with E-state index in [0.29, 0.717) is 123 Å². The number of piperidine rings is 3. The zero-order valence-corrected chi connectivity index (χ0v) is 79.9. The molecule has 0 saturated carbocycles. The van der Waals surface area contributed by atoms with Gasteiger partial charge in [0.05, 0.1) is 102 Å². The minimum Gasteiger partial charge on any atom is -0.506 e. The lowest BCUT2D eigenvalue weighted by molar-refractivity contribution is 0.0730. The maximum atomic E-state index is 13.0. The van der Waals surface area contributed by atoms with Gasteiger partial charge in [0.1, 0.15) is 57.2 Å². The van der Waals surface area contributed by atoms with Crippen LogP contribution in [0.25, 0.3) is 78.9 Å². The number of rotatable bonds is 16. The maximum absolute atomic E-state index is 13.0. The highest BCUT2D eigenvalue weighted by molar-refractivity contribution is 7.90. The monoisotopic (exact) mass is 2000 g/mol. The second kappa shape index (κ2) is 40.3. The number of phenolic OH excluding ortho intramolecular Hbond substituents is 4. The Balaban J connectivity index is 0.000000121. The van der Waals surface area contributed by atoms with E-state index in [4.69, 9.17) is 14.2 Å². The largest absolute Gasteiger partial charge is 0.506 e. The average Bonchev–Trinajstić information content (AvgIpc) is 1.68. The first kappa shape index (κ1) is 95.3. The van der Waals surface area contributed by atoms with Crippen molar-refractivity contribution in [1.29, 1.82) is 0 Å². The molecule has 698 valence electrons. The van der Waals surface area contributed by atoms with Crippen LogP contribution in [0.3, 0.4) is 0 Å². The van der Waals surface area contributed by atoms with Crippen molar-refractivity contribution in [3.05, 3.63) is 264 Å². The highest BCUT2D eigenvalue weighted by atomic mass is 32.2. The Morgan fingerprint density at radius 1 is 0.286 bits per heavy atom. The number of fused-ring (bicyclic) bond motifs is 5. The number of benzene rings is 10. The van der Waals surface area contributed by atoms with Crippen molar-refractivity contribution in [2.24, 2.45) is 5.92 Å². The van der Waals surface area contributed by atoms with Crippen molar-refractivity contribution in [2.45, 2.75) is 89.2 Å². The first-order valence-electron chi connectivity index (χ1n) is 42.6. The molecule has 10 aromatic carbocycles. The van der Waals surface area contributed by atoms with Crippen LogP contribution in [-0.4, -0.2) is 203 Å². The van der Waals surface area contributed by atoms with Gasteiger partial charge >= 0.3 is 0 Å². The van der Waals surface area contributed by atoms with Gasteiger partial charge in [-0.05, 0) is 203 Å². The number of nitrogens with zero attached hydrogens (tertiary/aromatic N) is 10. The zero-order chi connectivity index (χ0) is 93.8. The van der Waals surface area contributed by atoms with Crippen LogP contribution in [-0.2, 0) is 59.6 Å². The summed E-state index contributed by atoms with van der Waals surface area (Å²) in [4.78, 5) is 63.9. The number of methoxy groups -OCH3 is 1. The molecule has 0 aliphatic carbocycles. The SMILES string of the molecule is CC1CCN(S(=O)(=O)c2ccc(O)c(-n3sc4ccccc4c3=O)c2)CC1.COc1ccc(S(=O)(=O)N2CCCCC2)cc1-n1sc2ccccc2c1=O.O=c1c2ccccc2sn1-c1cc(S(=O)(=O)N2CCCCC2)ccc1O.O=c1c2ccccc2sn1-c1cc(S(=O)(=O)N2CCCOCC2)ccc1O.O=c1c2ccccc2sn1-c1cc(S(=O)(=O)N2CCOCC2)ccc1O. The van der Waals surface area contributed by atoms with Gasteiger partial charge in [-0.15, -0.1) is 0 Å². The molecule has 42 heteroatoms. The Morgan fingerprint density at radius 3 is 0.805 bits per heavy atom. The Labute approximate surface area is 785 Å². The molecular formula is C91H92N10O22S10. The zero-order valence-electron chi connectivity index (χ0n) is 71.7. The Bertz CT molecular complexity index is 7630. The second-order valence-corrected chi connectivity index (χ2v) is 46.4. The smallest absolute Gasteiger partial charge is 0.273 e. The molecule has 5 saturated heterocycles. The fraction of sp³-hybridized carbons (Fsp3) is 0.286. The van der Waals surface area contributed by atoms with Crippen molar-refractivity contribution < 1.29 is 76.7 Å². The molecule has 4 N–H and O–H groups in total. The minimum absolute atomic E-state index is 0.0385. The van der Waals surface area contributed by atoms with Crippen LogP contribution >= 0.6 is 57.7 Å². The number of aromatic nitrogens is 5. The lowest BCUT2D eigenvalue weighted by Gasteiger charge is -2.29. The number of aromatic hydroxyl groups is 4. The van der Waals surface area contributed by atoms with E-state index in [9.17, 15) is 86.5 Å². The fourth-order valence-corrected chi connectivity index (χ4v) is 28.4. The second-order valence-electron chi connectivity index (χ2n) is 31.8. The van der Waals surface area contributed by atoms with Gasteiger partial charge in [-0.3, -0.25) is 24.0 Å². The summed E-state index contributed by atoms with van der Waals surface area (Å²) in [5.41, 5.74) is -0.157. The van der Waals surface area contributed by atoms with Crippen LogP contribution < -0.4 is 32.5 Å². The minimum atomic E-state index is -3.74. The standard InChI is InChI=1S/2C19H20N2O4S2.C18H18N2O5S2.C18H18N2O4S2.C17H16N2O5S2/c1-25-17-10-9-14(27(23,24)20-11-5-2-6-12-20)13-16(17)21-19(22)15-7-3-4-8-18(15)26-21;1-13-8-10-20(11-9-13)27(24,25)14-6-7-17(22)16(12-14)21-19(23)15-4-2-3-5-18(15)26-21;21-16-7-6-13(27(23,24)19-8-3-10-25-11-9-19)12-15(16)20-18(22)14-4-1-2-5-17(14)26-20;21-16-9-8-13(26(23,24)19-10-4-1-5-11-19)12-15(16)20-18(22)14-6-2-3-7-17(14)25-20;20-15-6-5-12(26(22,23)18-7-9-24-10-8-18)11-14(15)19-17(21)13-3-1-2-4-16(13)25-19/h3-4,7-10,13H,2,5-6,11-12H2,1H3;2-7,12-13,22H,8-11H2,1H3;1-2,4-7,12,21H,3,8-11H2;2-3,6-9,12,21H,1,4-5,10-11H2;1-6,11,20H,7-10H2. The maximum Gasteiger partial charge on any atom is 0.273 e. The van der Waals surface area contributed by atoms with E-state index < -0.39 is 50.1 Å². The predicted molar refractivity (Wildman–Crippen MR) is 516 cm³/mol. The van der Waals surface area contributed by atoms with Crippen LogP contribution in [0.2, 0.25) is 0 Å². The summed E-state index contributed by atoms with van der Waals surface area (Å²) in [6.07, 6.45) is 7.82. The summed E-state index contributed by atoms with van der Waals surface area (Å²) in [6.45, 7) is 7.96. The fourth-order valence-electron chi connectivity index (χ4n) is 15.9. The molecule has 0 spiro atoms. The molecule has 5 aliphatic rings. The van der Waals surface area contributed by atoms with Gasteiger partial charge in [0.2, 0.25) is 50.1 Å². The lowest BCUT2D eigenvalue weighted by atomic mass is 10.0. The summed E-state index contributed by atoms with van der Waals surface area (Å²) in [5.74, 6) is 0.415. The van der Waals surface area contributed by atoms with Crippen LogP contribution in [0, 0.1) is 5.92 Å². The normalized spacial score (nSPS) is 16.3. The predicted octanol–water partition coefficient (Wildman–Crippen LogP) is 13.3. The summed E-state index contributed by atoms with van der Waals surface area (Å²) in [6, 6.07) is 56.8. The van der Waals surface area contributed by atoms with Crippen LogP contribution in [0.1, 0.15) is 64.7 Å². The Morgan fingerprint density at radius 2 is 0.519 bits per heavy atom. The highest BCUT2D eigenvalue weighted by Gasteiger charge is 2.35. The molecule has 32 nitrogen and oxygen atoms in total. The van der Waals surface area contributed by atoms with E-state index in [1.807, 2.05) is 66.7 Å². The van der Waals surface area contributed by atoms with Gasteiger partial charge in [-0.2, -0.15) is 21.5 Å². The van der Waals surface area contributed by atoms with E-state index in [0.717, 1.165) is 86.4 Å². The topological polar surface area (TPSA) is 406 Å². The van der Waals surface area contributed by atoms with E-state index >= 15 is 0 Å². The summed E-state index contributed by atoms with van der Waals surface area (Å²) >= 11 is 5.97. The van der Waals surface area contributed by atoms with Gasteiger partial charge in [0.15, 0.2) is 0 Å². The van der Waals surface area contributed by atoms with E-state index in [2.05, 4.69) is 6.92 Å². The molecule has 5 fully saturated rings. The number of sulfonamides is 5. The number of hydrogen-bond acceptors (Lipinski definition) is 27. The van der Waals surface area contributed by atoms with E-state index in [-0.39, 0.29) is 118 Å². The van der Waals surface area contributed by atoms with Gasteiger partial charge < -0.3 is 34.6 Å². The van der Waals surface area contributed by atoms with Crippen molar-refractivity contribution in [3.63, 3.8) is 0 Å². The molecule has 0 unspecified atom stereocenters. The molecule has 0 amide bonds. The van der Waals surface area contributed by atoms with Gasteiger partial charge in [0.25, 0.3) is 27.8 Å². The molecule has 10 heterocycles. The lowest BCUT2D eigenvalue weighted by Crippen LogP contribution is -2.40. The molecule has 133 heavy (non-hydrogen) atoms. The summed E-state index contributed by atoms with van der Waals surface area (Å²) in [7, 11) is -16.9. The van der Waals surface area contributed by atoms with Crippen LogP contribution in [0.4, 0.5) is 0 Å². The van der Waals surface area contributed by atoms with Gasteiger partial charge in [0, 0.05) is 72.1 Å². The highest BCUT2D eigenvalue weighted by Crippen LogP contribution is 2.38. The van der Waals surface area contributed by atoms with Crippen LogP contribution in [0.15, 0.2) is 261 Å². The van der Waals surface area contributed by atoms with Crippen molar-refractivity contribution in [2.75, 3.05) is 99.0 Å². The number of ether oxygens (including phenoxy) is 3. The molecule has 0 atom stereocenters. The first-order chi connectivity index (χ1) is 63.8. The van der Waals surface area contributed by atoms with Gasteiger partial charge in [-0.25, -0.2) is 61.9 Å².